The lowest BCUT2D eigenvalue weighted by molar-refractivity contribution is 0.232. The number of likely N-dealkylation sites (tertiary alicyclic amines) is 1. The van der Waals surface area contributed by atoms with Crippen LogP contribution in [0.3, 0.4) is 0 Å². The van der Waals surface area contributed by atoms with Gasteiger partial charge in [0.25, 0.3) is 0 Å². The molecule has 0 bridgehead atoms. The van der Waals surface area contributed by atoms with Gasteiger partial charge < -0.3 is 8.97 Å². The molecule has 3 aromatic rings. The summed E-state index contributed by atoms with van der Waals surface area (Å²) in [6.07, 6.45) is 11.5. The van der Waals surface area contributed by atoms with Crippen LogP contribution in [0.5, 0.6) is 0 Å². The van der Waals surface area contributed by atoms with Crippen LogP contribution in [-0.2, 0) is 19.5 Å². The number of fused-ring (bicyclic) bond motifs is 2. The Hall–Kier alpha value is -2.21. The first kappa shape index (κ1) is 15.1. The van der Waals surface area contributed by atoms with Crippen molar-refractivity contribution in [3.8, 4) is 0 Å². The minimum Gasteiger partial charge on any atom is -0.314 e. The van der Waals surface area contributed by atoms with Gasteiger partial charge in [-0.05, 0) is 44.4 Å². The molecule has 0 radical (unpaired) electrons. The summed E-state index contributed by atoms with van der Waals surface area (Å²) in [5.41, 5.74) is 2.15. The molecule has 0 amide bonds. The highest BCUT2D eigenvalue weighted by Gasteiger charge is 2.31. The average Bonchev–Trinajstić information content (AvgIpc) is 3.30. The summed E-state index contributed by atoms with van der Waals surface area (Å²) >= 11 is 0. The number of imidazole rings is 1. The molecule has 1 atom stereocenters. The van der Waals surface area contributed by atoms with Gasteiger partial charge in [0.05, 0.1) is 11.7 Å². The van der Waals surface area contributed by atoms with Crippen molar-refractivity contribution in [1.82, 2.24) is 29.0 Å². The molecule has 0 saturated carbocycles. The molecular formula is C19H24N6. The second kappa shape index (κ2) is 6.26. The van der Waals surface area contributed by atoms with Gasteiger partial charge in [0, 0.05) is 31.9 Å². The third-order valence-electron chi connectivity index (χ3n) is 5.58. The summed E-state index contributed by atoms with van der Waals surface area (Å²) in [7, 11) is 0. The van der Waals surface area contributed by atoms with Crippen LogP contribution in [0, 0.1) is 0 Å². The molecule has 25 heavy (non-hydrogen) atoms. The van der Waals surface area contributed by atoms with Gasteiger partial charge in [0.15, 0.2) is 0 Å². The van der Waals surface area contributed by atoms with Gasteiger partial charge in [-0.25, -0.2) is 4.98 Å². The zero-order valence-corrected chi connectivity index (χ0v) is 14.5. The molecule has 0 aromatic carbocycles. The molecule has 3 aromatic heterocycles. The smallest absolute Gasteiger partial charge is 0.150 e. The fraction of sp³-hybridized carbons (Fsp3) is 0.526. The molecule has 0 N–H and O–H groups in total. The third kappa shape index (κ3) is 2.74. The van der Waals surface area contributed by atoms with Gasteiger partial charge in [-0.15, -0.1) is 10.2 Å². The van der Waals surface area contributed by atoms with E-state index < -0.39 is 0 Å². The molecule has 0 spiro atoms. The predicted molar refractivity (Wildman–Crippen MR) is 95.2 cm³/mol. The third-order valence-corrected chi connectivity index (χ3v) is 5.58. The number of hydrogen-bond acceptors (Lipinski definition) is 4. The van der Waals surface area contributed by atoms with Gasteiger partial charge in [-0.3, -0.25) is 4.90 Å². The highest BCUT2D eigenvalue weighted by atomic mass is 15.3. The van der Waals surface area contributed by atoms with Crippen LogP contribution in [0.1, 0.15) is 55.5 Å². The van der Waals surface area contributed by atoms with E-state index in [1.54, 1.807) is 0 Å². The van der Waals surface area contributed by atoms with E-state index in [2.05, 4.69) is 42.5 Å². The van der Waals surface area contributed by atoms with Crippen molar-refractivity contribution in [1.29, 1.82) is 0 Å². The van der Waals surface area contributed by atoms with Gasteiger partial charge in [0.1, 0.15) is 17.3 Å². The molecule has 2 aliphatic rings. The first-order valence-corrected chi connectivity index (χ1v) is 9.47. The Kier molecular flexibility index (Phi) is 3.77. The summed E-state index contributed by atoms with van der Waals surface area (Å²) in [6, 6.07) is 6.52. The van der Waals surface area contributed by atoms with Crippen molar-refractivity contribution in [2.24, 2.45) is 0 Å². The van der Waals surface area contributed by atoms with Crippen LogP contribution in [0.15, 0.2) is 30.6 Å². The maximum absolute atomic E-state index is 4.77. The molecule has 6 nitrogen and oxygen atoms in total. The van der Waals surface area contributed by atoms with Crippen LogP contribution in [0.2, 0.25) is 0 Å². The molecule has 6 heteroatoms. The summed E-state index contributed by atoms with van der Waals surface area (Å²) in [5.74, 6) is 2.37. The summed E-state index contributed by atoms with van der Waals surface area (Å²) in [5, 5.41) is 9.11. The fourth-order valence-electron chi connectivity index (χ4n) is 4.33. The number of rotatable bonds is 3. The number of aromatic nitrogens is 5. The first-order chi connectivity index (χ1) is 12.4. The molecule has 1 fully saturated rings. The topological polar surface area (TPSA) is 51.2 Å². The molecule has 130 valence electrons. The van der Waals surface area contributed by atoms with Crippen molar-refractivity contribution < 1.29 is 0 Å². The quantitative estimate of drug-likeness (QED) is 0.738. The van der Waals surface area contributed by atoms with Crippen LogP contribution in [0.4, 0.5) is 0 Å². The molecule has 0 aliphatic carbocycles. The van der Waals surface area contributed by atoms with Gasteiger partial charge >= 0.3 is 0 Å². The maximum Gasteiger partial charge on any atom is 0.150 e. The van der Waals surface area contributed by atoms with Crippen molar-refractivity contribution in [3.63, 3.8) is 0 Å². The first-order valence-electron chi connectivity index (χ1n) is 9.47. The Morgan fingerprint density at radius 3 is 3.00 bits per heavy atom. The van der Waals surface area contributed by atoms with Crippen molar-refractivity contribution >= 4 is 5.65 Å². The summed E-state index contributed by atoms with van der Waals surface area (Å²) < 4.78 is 4.50. The average molecular weight is 336 g/mol. The Morgan fingerprint density at radius 1 is 1.04 bits per heavy atom. The lowest BCUT2D eigenvalue weighted by Crippen LogP contribution is -2.25. The fourth-order valence-corrected chi connectivity index (χ4v) is 4.33. The van der Waals surface area contributed by atoms with Crippen LogP contribution in [-0.4, -0.2) is 35.6 Å². The number of hydrogen-bond donors (Lipinski definition) is 0. The minimum atomic E-state index is 0.379. The van der Waals surface area contributed by atoms with E-state index in [9.17, 15) is 0 Å². The van der Waals surface area contributed by atoms with Crippen molar-refractivity contribution in [2.45, 2.75) is 57.7 Å². The molecule has 5 rings (SSSR count). The van der Waals surface area contributed by atoms with E-state index in [1.165, 1.54) is 43.8 Å². The van der Waals surface area contributed by atoms with E-state index in [0.717, 1.165) is 37.4 Å². The summed E-state index contributed by atoms with van der Waals surface area (Å²) in [4.78, 5) is 7.30. The standard InChI is InChI=1S/C19H24N6/c1-2-9-18-21-22-19(25(18)12-4-1)16-7-6-11-23(16)13-15-14-24-10-5-3-8-17(24)20-15/h3,5,8,10,14,16H,1-2,4,6-7,9,11-13H2. The van der Waals surface area contributed by atoms with Gasteiger partial charge in [0.2, 0.25) is 0 Å². The normalized spacial score (nSPS) is 21.5. The Balaban J connectivity index is 1.41. The monoisotopic (exact) mass is 336 g/mol. The van der Waals surface area contributed by atoms with E-state index in [-0.39, 0.29) is 0 Å². The Labute approximate surface area is 147 Å². The molecule has 1 saturated heterocycles. The van der Waals surface area contributed by atoms with E-state index in [4.69, 9.17) is 4.98 Å². The van der Waals surface area contributed by atoms with Crippen molar-refractivity contribution in [3.05, 3.63) is 47.9 Å². The van der Waals surface area contributed by atoms with E-state index >= 15 is 0 Å². The molecule has 5 heterocycles. The van der Waals surface area contributed by atoms with E-state index in [0.29, 0.717) is 6.04 Å². The zero-order valence-electron chi connectivity index (χ0n) is 14.5. The molecule has 1 unspecified atom stereocenters. The largest absolute Gasteiger partial charge is 0.314 e. The van der Waals surface area contributed by atoms with Crippen molar-refractivity contribution in [2.75, 3.05) is 6.54 Å². The van der Waals surface area contributed by atoms with Gasteiger partial charge in [-0.1, -0.05) is 12.5 Å². The highest BCUT2D eigenvalue weighted by molar-refractivity contribution is 5.39. The second-order valence-corrected chi connectivity index (χ2v) is 7.26. The van der Waals surface area contributed by atoms with Gasteiger partial charge in [-0.2, -0.15) is 0 Å². The second-order valence-electron chi connectivity index (χ2n) is 7.26. The summed E-state index contributed by atoms with van der Waals surface area (Å²) in [6.45, 7) is 3.08. The maximum atomic E-state index is 4.77. The Bertz CT molecular complexity index is 846. The van der Waals surface area contributed by atoms with E-state index in [1.807, 2.05) is 12.1 Å². The minimum absolute atomic E-state index is 0.379. The lowest BCUT2D eigenvalue weighted by Gasteiger charge is -2.23. The Morgan fingerprint density at radius 2 is 2.04 bits per heavy atom. The predicted octanol–water partition coefficient (Wildman–Crippen LogP) is 2.99. The SMILES string of the molecule is c1ccn2cc(CN3CCCC3c3nnc4n3CCCCC4)nc2c1. The molecular weight excluding hydrogens is 312 g/mol. The number of nitrogens with zero attached hydrogens (tertiary/aromatic N) is 6. The number of pyridine rings is 1. The number of aryl methyl sites for hydroxylation is 1. The zero-order chi connectivity index (χ0) is 16.6. The highest BCUT2D eigenvalue weighted by Crippen LogP contribution is 2.33. The molecule has 2 aliphatic heterocycles. The van der Waals surface area contributed by atoms with Crippen LogP contribution >= 0.6 is 0 Å². The van der Waals surface area contributed by atoms with Crippen LogP contribution in [0.25, 0.3) is 5.65 Å². The lowest BCUT2D eigenvalue weighted by atomic mass is 10.2. The van der Waals surface area contributed by atoms with Crippen LogP contribution < -0.4 is 0 Å².